The first-order chi connectivity index (χ1) is 12.5. The lowest BCUT2D eigenvalue weighted by Crippen LogP contribution is -2.41. The highest BCUT2D eigenvalue weighted by Crippen LogP contribution is 2.24. The molecule has 0 spiro atoms. The van der Waals surface area contributed by atoms with Crippen molar-refractivity contribution in [1.29, 1.82) is 0 Å². The molecule has 0 aromatic rings. The van der Waals surface area contributed by atoms with E-state index in [2.05, 4.69) is 0 Å². The third kappa shape index (κ3) is 6.66. The lowest BCUT2D eigenvalue weighted by molar-refractivity contribution is -0.136. The molecule has 2 fully saturated rings. The monoisotopic (exact) mass is 367 g/mol. The highest BCUT2D eigenvalue weighted by molar-refractivity contribution is 5.83. The summed E-state index contributed by atoms with van der Waals surface area (Å²) in [6.45, 7) is 8.88. The molecule has 0 aromatic heterocycles. The number of ether oxygens (including phenoxy) is 2. The molecule has 0 bridgehead atoms. The minimum atomic E-state index is 0.100. The van der Waals surface area contributed by atoms with Crippen LogP contribution >= 0.6 is 0 Å². The van der Waals surface area contributed by atoms with Gasteiger partial charge in [-0.2, -0.15) is 0 Å². The van der Waals surface area contributed by atoms with E-state index in [9.17, 15) is 9.59 Å². The third-order valence-corrected chi connectivity index (χ3v) is 5.73. The number of hydrogen-bond donors (Lipinski definition) is 0. The van der Waals surface area contributed by atoms with Crippen molar-refractivity contribution in [3.63, 3.8) is 0 Å². The van der Waals surface area contributed by atoms with Gasteiger partial charge in [0.05, 0.1) is 12.2 Å². The summed E-state index contributed by atoms with van der Waals surface area (Å²) < 4.78 is 11.6. The molecule has 150 valence electrons. The summed E-state index contributed by atoms with van der Waals surface area (Å²) >= 11 is 0. The normalized spacial score (nSPS) is 24.8. The van der Waals surface area contributed by atoms with Crippen molar-refractivity contribution in [2.45, 2.75) is 84.3 Å². The molecule has 5 nitrogen and oxygen atoms in total. The van der Waals surface area contributed by atoms with Crippen molar-refractivity contribution in [1.82, 2.24) is 4.90 Å². The Bertz CT molecular complexity index is 435. The van der Waals surface area contributed by atoms with Crippen molar-refractivity contribution >= 4 is 11.7 Å². The standard InChI is InChI=1S/C21H37NO4/c1-4-25-18-7-9-19(10-8-18)26-15-5-6-20(23)22-13-11-17(12-14-22)21(24)16(2)3/h16-19H,4-15H2,1-3H3/t18-,19-. The fraction of sp³-hybridized carbons (Fsp3) is 0.905. The van der Waals surface area contributed by atoms with E-state index in [-0.39, 0.29) is 17.7 Å². The Labute approximate surface area is 158 Å². The van der Waals surface area contributed by atoms with E-state index < -0.39 is 0 Å². The highest BCUT2D eigenvalue weighted by atomic mass is 16.5. The molecule has 2 rings (SSSR count). The third-order valence-electron chi connectivity index (χ3n) is 5.73. The van der Waals surface area contributed by atoms with Gasteiger partial charge in [0.2, 0.25) is 5.91 Å². The summed E-state index contributed by atoms with van der Waals surface area (Å²) in [6, 6.07) is 0. The van der Waals surface area contributed by atoms with Gasteiger partial charge in [-0.15, -0.1) is 0 Å². The quantitative estimate of drug-likeness (QED) is 0.584. The molecule has 26 heavy (non-hydrogen) atoms. The smallest absolute Gasteiger partial charge is 0.222 e. The second-order valence-electron chi connectivity index (χ2n) is 8.04. The highest BCUT2D eigenvalue weighted by Gasteiger charge is 2.28. The van der Waals surface area contributed by atoms with Crippen LogP contribution in [0.1, 0.15) is 72.1 Å². The van der Waals surface area contributed by atoms with E-state index in [0.717, 1.165) is 64.6 Å². The van der Waals surface area contributed by atoms with Gasteiger partial charge in [-0.3, -0.25) is 9.59 Å². The lowest BCUT2D eigenvalue weighted by atomic mass is 9.87. The Kier molecular flexibility index (Phi) is 9.06. The molecule has 0 aromatic carbocycles. The van der Waals surface area contributed by atoms with E-state index >= 15 is 0 Å². The number of Topliss-reactive ketones (excluding diaryl/α,β-unsaturated/α-hetero) is 1. The van der Waals surface area contributed by atoms with Gasteiger partial charge in [0.15, 0.2) is 0 Å². The molecule has 0 N–H and O–H groups in total. The maximum absolute atomic E-state index is 12.3. The second-order valence-corrected chi connectivity index (χ2v) is 8.04. The van der Waals surface area contributed by atoms with Gasteiger partial charge >= 0.3 is 0 Å². The van der Waals surface area contributed by atoms with Crippen LogP contribution in [0.5, 0.6) is 0 Å². The maximum atomic E-state index is 12.3. The van der Waals surface area contributed by atoms with Crippen molar-refractivity contribution in [2.24, 2.45) is 11.8 Å². The van der Waals surface area contributed by atoms with E-state index in [1.54, 1.807) is 0 Å². The Hall–Kier alpha value is -0.940. The minimum absolute atomic E-state index is 0.100. The van der Waals surface area contributed by atoms with Crippen LogP contribution in [0.2, 0.25) is 0 Å². The molecule has 0 radical (unpaired) electrons. The van der Waals surface area contributed by atoms with Crippen molar-refractivity contribution in [2.75, 3.05) is 26.3 Å². The SMILES string of the molecule is CCO[C@H]1CC[C@H](OCCCC(=O)N2CCC(C(=O)C(C)C)CC2)CC1. The molecule has 1 aliphatic heterocycles. The van der Waals surface area contributed by atoms with Gasteiger partial charge in [0.1, 0.15) is 5.78 Å². The molecule has 0 atom stereocenters. The van der Waals surface area contributed by atoms with E-state index in [4.69, 9.17) is 9.47 Å². The number of likely N-dealkylation sites (tertiary alicyclic amines) is 1. The van der Waals surface area contributed by atoms with Crippen LogP contribution in [-0.2, 0) is 19.1 Å². The van der Waals surface area contributed by atoms with Gasteiger partial charge in [0, 0.05) is 44.6 Å². The number of rotatable bonds is 9. The van der Waals surface area contributed by atoms with Crippen LogP contribution in [0, 0.1) is 11.8 Å². The first kappa shape index (κ1) is 21.4. The summed E-state index contributed by atoms with van der Waals surface area (Å²) in [4.78, 5) is 26.3. The van der Waals surface area contributed by atoms with Crippen LogP contribution < -0.4 is 0 Å². The molecule has 1 amide bonds. The second kappa shape index (κ2) is 11.0. The molecule has 1 saturated carbocycles. The minimum Gasteiger partial charge on any atom is -0.379 e. The molecule has 1 heterocycles. The van der Waals surface area contributed by atoms with Gasteiger partial charge in [-0.1, -0.05) is 13.8 Å². The predicted octanol–water partition coefficient (Wildman–Crippen LogP) is 3.59. The number of piperidine rings is 1. The Morgan fingerprint density at radius 3 is 2.08 bits per heavy atom. The Morgan fingerprint density at radius 1 is 0.962 bits per heavy atom. The Balaban J connectivity index is 1.55. The van der Waals surface area contributed by atoms with Crippen LogP contribution in [0.4, 0.5) is 0 Å². The van der Waals surface area contributed by atoms with Crippen LogP contribution in [0.3, 0.4) is 0 Å². The average Bonchev–Trinajstić information content (AvgIpc) is 2.66. The first-order valence-electron chi connectivity index (χ1n) is 10.6. The van der Waals surface area contributed by atoms with Gasteiger partial charge < -0.3 is 14.4 Å². The van der Waals surface area contributed by atoms with Gasteiger partial charge in [0.25, 0.3) is 0 Å². The topological polar surface area (TPSA) is 55.8 Å². The zero-order chi connectivity index (χ0) is 18.9. The molecular weight excluding hydrogens is 330 g/mol. The summed E-state index contributed by atoms with van der Waals surface area (Å²) in [5, 5.41) is 0. The average molecular weight is 368 g/mol. The summed E-state index contributed by atoms with van der Waals surface area (Å²) in [6.07, 6.45) is 8.03. The van der Waals surface area contributed by atoms with Crippen molar-refractivity contribution < 1.29 is 19.1 Å². The van der Waals surface area contributed by atoms with Crippen molar-refractivity contribution in [3.05, 3.63) is 0 Å². The van der Waals surface area contributed by atoms with E-state index in [0.29, 0.717) is 31.0 Å². The summed E-state index contributed by atoms with van der Waals surface area (Å²) in [5.41, 5.74) is 0. The van der Waals surface area contributed by atoms with E-state index in [1.807, 2.05) is 25.7 Å². The number of nitrogens with zero attached hydrogens (tertiary/aromatic N) is 1. The predicted molar refractivity (Wildman–Crippen MR) is 102 cm³/mol. The Morgan fingerprint density at radius 2 is 1.54 bits per heavy atom. The molecule has 1 aliphatic carbocycles. The zero-order valence-electron chi connectivity index (χ0n) is 16.9. The molecule has 1 saturated heterocycles. The summed E-state index contributed by atoms with van der Waals surface area (Å²) in [5.74, 6) is 0.811. The van der Waals surface area contributed by atoms with Crippen LogP contribution in [0.25, 0.3) is 0 Å². The molecule has 0 unspecified atom stereocenters. The number of carbonyl (C=O) groups excluding carboxylic acids is 2. The molecule has 5 heteroatoms. The lowest BCUT2D eigenvalue weighted by Gasteiger charge is -2.32. The van der Waals surface area contributed by atoms with Crippen molar-refractivity contribution in [3.8, 4) is 0 Å². The van der Waals surface area contributed by atoms with Gasteiger partial charge in [-0.05, 0) is 51.9 Å². The van der Waals surface area contributed by atoms with Crippen LogP contribution in [0.15, 0.2) is 0 Å². The number of amides is 1. The summed E-state index contributed by atoms with van der Waals surface area (Å²) in [7, 11) is 0. The molecule has 2 aliphatic rings. The van der Waals surface area contributed by atoms with Crippen LogP contribution in [-0.4, -0.2) is 55.1 Å². The first-order valence-corrected chi connectivity index (χ1v) is 10.6. The fourth-order valence-electron chi connectivity index (χ4n) is 4.12. The molecular formula is C21H37NO4. The van der Waals surface area contributed by atoms with E-state index in [1.165, 1.54) is 0 Å². The number of hydrogen-bond acceptors (Lipinski definition) is 4. The zero-order valence-corrected chi connectivity index (χ0v) is 16.9. The largest absolute Gasteiger partial charge is 0.379 e. The number of ketones is 1. The fourth-order valence-corrected chi connectivity index (χ4v) is 4.12. The van der Waals surface area contributed by atoms with Gasteiger partial charge in [-0.25, -0.2) is 0 Å². The number of carbonyl (C=O) groups is 2. The maximum Gasteiger partial charge on any atom is 0.222 e.